The fourth-order valence-electron chi connectivity index (χ4n) is 3.26. The van der Waals surface area contributed by atoms with Gasteiger partial charge in [0.15, 0.2) is 0 Å². The summed E-state index contributed by atoms with van der Waals surface area (Å²) in [6.07, 6.45) is 4.52. The van der Waals surface area contributed by atoms with E-state index in [1.165, 1.54) is 5.56 Å². The van der Waals surface area contributed by atoms with Gasteiger partial charge in [0.2, 0.25) is 0 Å². The highest BCUT2D eigenvalue weighted by molar-refractivity contribution is 5.50. The van der Waals surface area contributed by atoms with E-state index in [9.17, 15) is 10.2 Å². The number of rotatable bonds is 6. The molecule has 0 atom stereocenters. The number of phenols is 2. The topological polar surface area (TPSA) is 40.5 Å². The lowest BCUT2D eigenvalue weighted by atomic mass is 9.90. The van der Waals surface area contributed by atoms with E-state index in [2.05, 4.69) is 26.0 Å². The van der Waals surface area contributed by atoms with Gasteiger partial charge in [-0.2, -0.15) is 0 Å². The Morgan fingerprint density at radius 1 is 0.826 bits per heavy atom. The molecule has 0 aliphatic heterocycles. The largest absolute Gasteiger partial charge is 0.508 e. The van der Waals surface area contributed by atoms with Gasteiger partial charge in [-0.1, -0.05) is 44.9 Å². The molecular weight excluding hydrogens is 284 g/mol. The summed E-state index contributed by atoms with van der Waals surface area (Å²) in [6.45, 7) is 8.22. The van der Waals surface area contributed by atoms with Crippen molar-refractivity contribution in [1.29, 1.82) is 0 Å². The van der Waals surface area contributed by atoms with Gasteiger partial charge in [0.1, 0.15) is 11.5 Å². The van der Waals surface area contributed by atoms with E-state index in [0.29, 0.717) is 11.5 Å². The molecule has 0 saturated carbocycles. The summed E-state index contributed by atoms with van der Waals surface area (Å²) >= 11 is 0. The highest BCUT2D eigenvalue weighted by atomic mass is 16.3. The zero-order chi connectivity index (χ0) is 17.0. The molecule has 0 fully saturated rings. The zero-order valence-electron chi connectivity index (χ0n) is 14.7. The number of aryl methyl sites for hydroxylation is 2. The van der Waals surface area contributed by atoms with Crippen LogP contribution in [0.5, 0.6) is 11.5 Å². The maximum absolute atomic E-state index is 10.4. The van der Waals surface area contributed by atoms with Crippen molar-refractivity contribution in [2.24, 2.45) is 0 Å². The Morgan fingerprint density at radius 2 is 1.48 bits per heavy atom. The molecule has 124 valence electrons. The van der Waals surface area contributed by atoms with E-state index in [-0.39, 0.29) is 0 Å². The molecule has 0 heterocycles. The molecule has 2 N–H and O–H groups in total. The van der Waals surface area contributed by atoms with Gasteiger partial charge in [-0.15, -0.1) is 0 Å². The summed E-state index contributed by atoms with van der Waals surface area (Å²) in [5.74, 6) is 0.827. The average molecular weight is 312 g/mol. The van der Waals surface area contributed by atoms with Crippen molar-refractivity contribution in [2.45, 2.75) is 59.8 Å². The fraction of sp³-hybridized carbons (Fsp3) is 0.429. The summed E-state index contributed by atoms with van der Waals surface area (Å²) in [5.41, 5.74) is 6.43. The second-order valence-electron chi connectivity index (χ2n) is 6.47. The van der Waals surface area contributed by atoms with Gasteiger partial charge in [0, 0.05) is 0 Å². The summed E-state index contributed by atoms with van der Waals surface area (Å²) < 4.78 is 0. The van der Waals surface area contributed by atoms with Gasteiger partial charge in [-0.3, -0.25) is 0 Å². The molecule has 2 aromatic carbocycles. The van der Waals surface area contributed by atoms with Crippen molar-refractivity contribution in [1.82, 2.24) is 0 Å². The van der Waals surface area contributed by atoms with Crippen molar-refractivity contribution in [3.8, 4) is 11.5 Å². The lowest BCUT2D eigenvalue weighted by molar-refractivity contribution is 0.462. The Morgan fingerprint density at radius 3 is 2.13 bits per heavy atom. The van der Waals surface area contributed by atoms with Crippen molar-refractivity contribution in [2.75, 3.05) is 0 Å². The molecule has 23 heavy (non-hydrogen) atoms. The molecule has 2 rings (SSSR count). The average Bonchev–Trinajstić information content (AvgIpc) is 2.50. The first-order valence-corrected chi connectivity index (χ1v) is 8.59. The molecule has 2 heteroatoms. The van der Waals surface area contributed by atoms with Gasteiger partial charge >= 0.3 is 0 Å². The smallest absolute Gasteiger partial charge is 0.121 e. The minimum absolute atomic E-state index is 0.398. The van der Waals surface area contributed by atoms with E-state index in [1.807, 2.05) is 26.0 Å². The van der Waals surface area contributed by atoms with Crippen LogP contribution in [-0.2, 0) is 19.3 Å². The van der Waals surface area contributed by atoms with Crippen LogP contribution in [0, 0.1) is 13.8 Å². The van der Waals surface area contributed by atoms with Gasteiger partial charge in [-0.05, 0) is 72.6 Å². The molecule has 0 unspecified atom stereocenters. The first-order valence-electron chi connectivity index (χ1n) is 8.59. The molecule has 0 bridgehead atoms. The van der Waals surface area contributed by atoms with Gasteiger partial charge in [0.05, 0.1) is 0 Å². The minimum Gasteiger partial charge on any atom is -0.508 e. The summed E-state index contributed by atoms with van der Waals surface area (Å²) in [7, 11) is 0. The van der Waals surface area contributed by atoms with Crippen LogP contribution in [0.1, 0.15) is 60.1 Å². The van der Waals surface area contributed by atoms with E-state index in [1.54, 1.807) is 0 Å². The predicted molar refractivity (Wildman–Crippen MR) is 96.5 cm³/mol. The SMILES string of the molecule is CCCc1c(O)cc(C)cc1Cc1ccc(C)c(O)c1CCC. The van der Waals surface area contributed by atoms with Crippen LogP contribution in [-0.4, -0.2) is 10.2 Å². The fourth-order valence-corrected chi connectivity index (χ4v) is 3.26. The van der Waals surface area contributed by atoms with Gasteiger partial charge in [0.25, 0.3) is 0 Å². The second-order valence-corrected chi connectivity index (χ2v) is 6.47. The molecule has 0 radical (unpaired) electrons. The van der Waals surface area contributed by atoms with Crippen LogP contribution in [0.2, 0.25) is 0 Å². The molecule has 2 nitrogen and oxygen atoms in total. The van der Waals surface area contributed by atoms with Crippen LogP contribution < -0.4 is 0 Å². The normalized spacial score (nSPS) is 11.0. The number of phenolic OH excluding ortho intramolecular Hbond substituents is 2. The van der Waals surface area contributed by atoms with Crippen molar-refractivity contribution < 1.29 is 10.2 Å². The second kappa shape index (κ2) is 7.54. The lowest BCUT2D eigenvalue weighted by Crippen LogP contribution is -2.02. The standard InChI is InChI=1S/C21H28O2/c1-5-7-18-17(11-14(3)12-20(18)22)13-16-10-9-15(4)21(23)19(16)8-6-2/h9-12,22-23H,5-8,13H2,1-4H3. The van der Waals surface area contributed by atoms with E-state index in [4.69, 9.17) is 0 Å². The van der Waals surface area contributed by atoms with E-state index < -0.39 is 0 Å². The maximum Gasteiger partial charge on any atom is 0.121 e. The van der Waals surface area contributed by atoms with Crippen LogP contribution in [0.3, 0.4) is 0 Å². The van der Waals surface area contributed by atoms with E-state index in [0.717, 1.165) is 59.9 Å². The molecule has 0 aromatic heterocycles. The Hall–Kier alpha value is -1.96. The molecule has 0 amide bonds. The number of aromatic hydroxyl groups is 2. The Kier molecular flexibility index (Phi) is 5.70. The first-order chi connectivity index (χ1) is 11.0. The van der Waals surface area contributed by atoms with Gasteiger partial charge < -0.3 is 10.2 Å². The number of hydrogen-bond acceptors (Lipinski definition) is 2. The molecule has 2 aromatic rings. The molecule has 0 saturated heterocycles. The van der Waals surface area contributed by atoms with Crippen LogP contribution >= 0.6 is 0 Å². The molecule has 0 spiro atoms. The third kappa shape index (κ3) is 3.87. The van der Waals surface area contributed by atoms with E-state index >= 15 is 0 Å². The van der Waals surface area contributed by atoms with Crippen molar-refractivity contribution in [3.63, 3.8) is 0 Å². The Balaban J connectivity index is 2.49. The minimum atomic E-state index is 0.398. The van der Waals surface area contributed by atoms with Crippen molar-refractivity contribution >= 4 is 0 Å². The molecule has 0 aliphatic carbocycles. The molecular formula is C21H28O2. The Labute approximate surface area is 139 Å². The van der Waals surface area contributed by atoms with Crippen LogP contribution in [0.4, 0.5) is 0 Å². The lowest BCUT2D eigenvalue weighted by Gasteiger charge is -2.16. The predicted octanol–water partition coefficient (Wildman–Crippen LogP) is 5.21. The summed E-state index contributed by atoms with van der Waals surface area (Å²) in [4.78, 5) is 0. The highest BCUT2D eigenvalue weighted by Gasteiger charge is 2.14. The summed E-state index contributed by atoms with van der Waals surface area (Å²) in [6, 6.07) is 8.11. The van der Waals surface area contributed by atoms with Crippen LogP contribution in [0.15, 0.2) is 24.3 Å². The van der Waals surface area contributed by atoms with Crippen molar-refractivity contribution in [3.05, 3.63) is 57.6 Å². The zero-order valence-corrected chi connectivity index (χ0v) is 14.7. The quantitative estimate of drug-likeness (QED) is 0.768. The summed E-state index contributed by atoms with van der Waals surface area (Å²) in [5, 5.41) is 20.7. The third-order valence-electron chi connectivity index (χ3n) is 4.43. The van der Waals surface area contributed by atoms with Crippen LogP contribution in [0.25, 0.3) is 0 Å². The maximum atomic E-state index is 10.4. The Bertz CT molecular complexity index is 687. The number of hydrogen-bond donors (Lipinski definition) is 2. The molecule has 0 aliphatic rings. The number of benzene rings is 2. The van der Waals surface area contributed by atoms with Gasteiger partial charge in [-0.25, -0.2) is 0 Å². The third-order valence-corrected chi connectivity index (χ3v) is 4.43. The highest BCUT2D eigenvalue weighted by Crippen LogP contribution is 2.32. The monoisotopic (exact) mass is 312 g/mol. The first kappa shape index (κ1) is 17.4.